The van der Waals surface area contributed by atoms with Crippen LogP contribution in [0.25, 0.3) is 0 Å². The maximum absolute atomic E-state index is 11.6. The van der Waals surface area contributed by atoms with Gasteiger partial charge >= 0.3 is 0 Å². The van der Waals surface area contributed by atoms with Crippen LogP contribution in [0.2, 0.25) is 0 Å². The van der Waals surface area contributed by atoms with Gasteiger partial charge in [-0.1, -0.05) is 13.8 Å². The monoisotopic (exact) mass is 285 g/mol. The average molecular weight is 285 g/mol. The van der Waals surface area contributed by atoms with Gasteiger partial charge < -0.3 is 20.7 Å². The molecule has 0 aliphatic carbocycles. The molecule has 1 rings (SSSR count). The molecule has 3 N–H and O–H groups in total. The summed E-state index contributed by atoms with van der Waals surface area (Å²) in [5.41, 5.74) is 4.92. The first-order valence-electron chi connectivity index (χ1n) is 7.73. The van der Waals surface area contributed by atoms with E-state index in [4.69, 9.17) is 10.5 Å². The van der Waals surface area contributed by atoms with Gasteiger partial charge in [0.15, 0.2) is 0 Å². The lowest BCUT2D eigenvalue weighted by molar-refractivity contribution is -0.124. The predicted molar refractivity (Wildman–Crippen MR) is 81.5 cm³/mol. The van der Waals surface area contributed by atoms with Crippen molar-refractivity contribution in [3.8, 4) is 0 Å². The molecular weight excluding hydrogens is 254 g/mol. The molecule has 1 aliphatic rings. The summed E-state index contributed by atoms with van der Waals surface area (Å²) in [6.07, 6.45) is 3.26. The highest BCUT2D eigenvalue weighted by molar-refractivity contribution is 5.84. The minimum absolute atomic E-state index is 0.263. The van der Waals surface area contributed by atoms with Crippen LogP contribution in [0.4, 0.5) is 0 Å². The van der Waals surface area contributed by atoms with Gasteiger partial charge in [0, 0.05) is 13.7 Å². The Labute approximate surface area is 123 Å². The van der Waals surface area contributed by atoms with Gasteiger partial charge in [-0.15, -0.1) is 0 Å². The van der Waals surface area contributed by atoms with Gasteiger partial charge in [-0.25, -0.2) is 0 Å². The standard InChI is InChI=1S/C15H31N3O2/c1-5-17-15(3,14(16)19)8-6-9-18-10-7-12(2)13(11-18)20-4/h12-13,17H,5-11H2,1-4H3,(H2,16,19). The van der Waals surface area contributed by atoms with Crippen molar-refractivity contribution in [3.63, 3.8) is 0 Å². The molecule has 0 radical (unpaired) electrons. The van der Waals surface area contributed by atoms with Crippen LogP contribution in [0.3, 0.4) is 0 Å². The molecule has 5 nitrogen and oxygen atoms in total. The van der Waals surface area contributed by atoms with Gasteiger partial charge in [-0.2, -0.15) is 0 Å². The molecule has 1 fully saturated rings. The van der Waals surface area contributed by atoms with E-state index in [1.165, 1.54) is 6.42 Å². The summed E-state index contributed by atoms with van der Waals surface area (Å²) < 4.78 is 5.53. The van der Waals surface area contributed by atoms with Crippen molar-refractivity contribution in [3.05, 3.63) is 0 Å². The third-order valence-electron chi connectivity index (χ3n) is 4.54. The number of carbonyl (C=O) groups is 1. The molecule has 0 aromatic rings. The number of amides is 1. The number of nitrogens with one attached hydrogen (secondary N) is 1. The van der Waals surface area contributed by atoms with E-state index in [1.807, 2.05) is 13.8 Å². The first kappa shape index (κ1) is 17.4. The van der Waals surface area contributed by atoms with E-state index in [1.54, 1.807) is 7.11 Å². The third kappa shape index (κ3) is 4.72. The number of hydrogen-bond acceptors (Lipinski definition) is 4. The number of likely N-dealkylation sites (tertiary alicyclic amines) is 1. The topological polar surface area (TPSA) is 67.6 Å². The van der Waals surface area contributed by atoms with Crippen molar-refractivity contribution < 1.29 is 9.53 Å². The molecule has 0 aromatic heterocycles. The molecule has 0 spiro atoms. The molecule has 0 bridgehead atoms. The Balaban J connectivity index is 2.38. The number of ether oxygens (including phenoxy) is 1. The van der Waals surface area contributed by atoms with Gasteiger partial charge in [0.1, 0.15) is 0 Å². The highest BCUT2D eigenvalue weighted by atomic mass is 16.5. The molecule has 5 heteroatoms. The molecule has 1 saturated heterocycles. The Morgan fingerprint density at radius 3 is 2.80 bits per heavy atom. The lowest BCUT2D eigenvalue weighted by atomic mass is 9.93. The van der Waals surface area contributed by atoms with E-state index < -0.39 is 5.54 Å². The Hall–Kier alpha value is -0.650. The number of nitrogens with zero attached hydrogens (tertiary/aromatic N) is 1. The van der Waals surface area contributed by atoms with E-state index >= 15 is 0 Å². The van der Waals surface area contributed by atoms with Crippen LogP contribution in [-0.4, -0.2) is 55.7 Å². The quantitative estimate of drug-likeness (QED) is 0.697. The van der Waals surface area contributed by atoms with Crippen molar-refractivity contribution >= 4 is 5.91 Å². The maximum atomic E-state index is 11.6. The van der Waals surface area contributed by atoms with Gasteiger partial charge in [0.05, 0.1) is 11.6 Å². The molecule has 0 saturated carbocycles. The number of primary amides is 1. The molecule has 1 heterocycles. The van der Waals surface area contributed by atoms with Crippen molar-refractivity contribution in [2.45, 2.75) is 51.7 Å². The summed E-state index contributed by atoms with van der Waals surface area (Å²) in [5, 5.41) is 3.21. The van der Waals surface area contributed by atoms with Crippen molar-refractivity contribution in [1.29, 1.82) is 0 Å². The van der Waals surface area contributed by atoms with Crippen molar-refractivity contribution in [2.75, 3.05) is 33.3 Å². The fraction of sp³-hybridized carbons (Fsp3) is 0.933. The van der Waals surface area contributed by atoms with E-state index in [0.29, 0.717) is 12.0 Å². The second kappa shape index (κ2) is 7.96. The van der Waals surface area contributed by atoms with Crippen LogP contribution in [0.15, 0.2) is 0 Å². The van der Waals surface area contributed by atoms with Crippen molar-refractivity contribution in [1.82, 2.24) is 10.2 Å². The zero-order chi connectivity index (χ0) is 15.2. The first-order valence-corrected chi connectivity index (χ1v) is 7.73. The smallest absolute Gasteiger partial charge is 0.237 e. The van der Waals surface area contributed by atoms with Crippen LogP contribution >= 0.6 is 0 Å². The highest BCUT2D eigenvalue weighted by Crippen LogP contribution is 2.20. The van der Waals surface area contributed by atoms with Gasteiger partial charge in [0.25, 0.3) is 0 Å². The summed E-state index contributed by atoms with van der Waals surface area (Å²) in [7, 11) is 1.79. The Morgan fingerprint density at radius 2 is 2.25 bits per heavy atom. The molecule has 3 atom stereocenters. The van der Waals surface area contributed by atoms with E-state index in [0.717, 1.165) is 39.0 Å². The van der Waals surface area contributed by atoms with Gasteiger partial charge in [0.2, 0.25) is 5.91 Å². The summed E-state index contributed by atoms with van der Waals surface area (Å²) in [5.74, 6) is 0.371. The van der Waals surface area contributed by atoms with Crippen LogP contribution in [0, 0.1) is 5.92 Å². The normalized spacial score (nSPS) is 27.2. The number of hydrogen-bond donors (Lipinski definition) is 2. The van der Waals surface area contributed by atoms with Crippen LogP contribution in [-0.2, 0) is 9.53 Å². The number of piperidine rings is 1. The zero-order valence-electron chi connectivity index (χ0n) is 13.4. The lowest BCUT2D eigenvalue weighted by Crippen LogP contribution is -2.53. The lowest BCUT2D eigenvalue weighted by Gasteiger charge is -2.36. The van der Waals surface area contributed by atoms with Gasteiger partial charge in [-0.3, -0.25) is 4.79 Å². The fourth-order valence-corrected chi connectivity index (χ4v) is 2.95. The maximum Gasteiger partial charge on any atom is 0.237 e. The number of nitrogens with two attached hydrogens (primary N) is 1. The van der Waals surface area contributed by atoms with E-state index in [-0.39, 0.29) is 5.91 Å². The Bertz CT molecular complexity index is 311. The minimum Gasteiger partial charge on any atom is -0.380 e. The number of rotatable bonds is 8. The summed E-state index contributed by atoms with van der Waals surface area (Å²) >= 11 is 0. The second-order valence-electron chi connectivity index (χ2n) is 6.17. The van der Waals surface area contributed by atoms with Crippen LogP contribution in [0.5, 0.6) is 0 Å². The number of carbonyl (C=O) groups excluding carboxylic acids is 1. The van der Waals surface area contributed by atoms with Crippen molar-refractivity contribution in [2.24, 2.45) is 11.7 Å². The van der Waals surface area contributed by atoms with E-state index in [2.05, 4.69) is 17.1 Å². The molecule has 0 aromatic carbocycles. The zero-order valence-corrected chi connectivity index (χ0v) is 13.4. The minimum atomic E-state index is -0.585. The largest absolute Gasteiger partial charge is 0.380 e. The Kier molecular flexibility index (Phi) is 6.92. The summed E-state index contributed by atoms with van der Waals surface area (Å²) in [6.45, 7) is 10.0. The predicted octanol–water partition coefficient (Wildman–Crippen LogP) is 0.977. The van der Waals surface area contributed by atoms with Crippen LogP contribution in [0.1, 0.15) is 40.0 Å². The SMILES string of the molecule is CCNC(C)(CCCN1CCC(C)C(OC)C1)C(N)=O. The number of methoxy groups -OCH3 is 1. The average Bonchev–Trinajstić information content (AvgIpc) is 2.40. The molecular formula is C15H31N3O2. The molecule has 3 unspecified atom stereocenters. The van der Waals surface area contributed by atoms with Crippen LogP contribution < -0.4 is 11.1 Å². The number of likely N-dealkylation sites (N-methyl/N-ethyl adjacent to an activating group) is 1. The molecule has 20 heavy (non-hydrogen) atoms. The summed E-state index contributed by atoms with van der Waals surface area (Å²) in [4.78, 5) is 14.0. The molecule has 118 valence electrons. The first-order chi connectivity index (χ1) is 9.42. The Morgan fingerprint density at radius 1 is 1.55 bits per heavy atom. The molecule has 1 amide bonds. The third-order valence-corrected chi connectivity index (χ3v) is 4.54. The van der Waals surface area contributed by atoms with E-state index in [9.17, 15) is 4.79 Å². The summed E-state index contributed by atoms with van der Waals surface area (Å²) in [6, 6.07) is 0. The van der Waals surface area contributed by atoms with Gasteiger partial charge in [-0.05, 0) is 51.7 Å². The highest BCUT2D eigenvalue weighted by Gasteiger charge is 2.30. The fourth-order valence-electron chi connectivity index (χ4n) is 2.95. The second-order valence-corrected chi connectivity index (χ2v) is 6.17. The molecule has 1 aliphatic heterocycles.